The van der Waals surface area contributed by atoms with Gasteiger partial charge >= 0.3 is 0 Å². The first-order chi connectivity index (χ1) is 10.2. The van der Waals surface area contributed by atoms with Crippen LogP contribution in [0.1, 0.15) is 24.6 Å². The van der Waals surface area contributed by atoms with Crippen molar-refractivity contribution in [3.05, 3.63) is 59.7 Å². The summed E-state index contributed by atoms with van der Waals surface area (Å²) in [4.78, 5) is 4.22. The Labute approximate surface area is 125 Å². The van der Waals surface area contributed by atoms with Gasteiger partial charge in [0, 0.05) is 30.4 Å². The average molecular weight is 288 g/mol. The van der Waals surface area contributed by atoms with Crippen molar-refractivity contribution in [3.8, 4) is 5.75 Å². The van der Waals surface area contributed by atoms with Crippen LogP contribution in [-0.4, -0.2) is 17.6 Å². The van der Waals surface area contributed by atoms with E-state index < -0.39 is 0 Å². The molecule has 1 aromatic carbocycles. The summed E-state index contributed by atoms with van der Waals surface area (Å²) in [5.74, 6) is 0.257. The summed E-state index contributed by atoms with van der Waals surface area (Å²) < 4.78 is 19.2. The van der Waals surface area contributed by atoms with Crippen LogP contribution in [0.4, 0.5) is 4.39 Å². The highest BCUT2D eigenvalue weighted by Crippen LogP contribution is 2.18. The van der Waals surface area contributed by atoms with E-state index in [0.717, 1.165) is 17.7 Å². The Hall–Kier alpha value is -1.94. The van der Waals surface area contributed by atoms with Crippen LogP contribution in [0.15, 0.2) is 42.6 Å². The third-order valence-corrected chi connectivity index (χ3v) is 3.31. The molecule has 0 aliphatic rings. The minimum atomic E-state index is -0.288. The maximum atomic E-state index is 13.6. The van der Waals surface area contributed by atoms with Gasteiger partial charge in [-0.05, 0) is 42.7 Å². The number of nitrogens with zero attached hydrogens (tertiary/aromatic N) is 1. The van der Waals surface area contributed by atoms with E-state index in [0.29, 0.717) is 25.2 Å². The van der Waals surface area contributed by atoms with Crippen molar-refractivity contribution in [1.29, 1.82) is 0 Å². The highest BCUT2D eigenvalue weighted by molar-refractivity contribution is 5.30. The van der Waals surface area contributed by atoms with Crippen LogP contribution >= 0.6 is 0 Å². The lowest BCUT2D eigenvalue weighted by atomic mass is 10.0. The monoisotopic (exact) mass is 288 g/mol. The fourth-order valence-corrected chi connectivity index (χ4v) is 2.09. The van der Waals surface area contributed by atoms with Gasteiger partial charge in [0.1, 0.15) is 11.6 Å². The third-order valence-electron chi connectivity index (χ3n) is 3.31. The number of halogens is 1. The SMILES string of the molecule is CCC(N)Cc1cc(F)cc(OCCc2ccccn2)c1. The van der Waals surface area contributed by atoms with Gasteiger partial charge in [-0.3, -0.25) is 4.98 Å². The summed E-state index contributed by atoms with van der Waals surface area (Å²) >= 11 is 0. The molecule has 2 rings (SSSR count). The predicted octanol–water partition coefficient (Wildman–Crippen LogP) is 3.12. The Morgan fingerprint density at radius 2 is 2.14 bits per heavy atom. The van der Waals surface area contributed by atoms with Gasteiger partial charge in [-0.15, -0.1) is 0 Å². The molecule has 0 saturated heterocycles. The van der Waals surface area contributed by atoms with Gasteiger partial charge in [-0.1, -0.05) is 13.0 Å². The second-order valence-electron chi connectivity index (χ2n) is 5.09. The van der Waals surface area contributed by atoms with Crippen molar-refractivity contribution in [2.75, 3.05) is 6.61 Å². The first-order valence-electron chi connectivity index (χ1n) is 7.25. The van der Waals surface area contributed by atoms with E-state index in [2.05, 4.69) is 4.98 Å². The molecule has 1 aromatic heterocycles. The highest BCUT2D eigenvalue weighted by atomic mass is 19.1. The minimum Gasteiger partial charge on any atom is -0.493 e. The molecule has 2 N–H and O–H groups in total. The zero-order valence-electron chi connectivity index (χ0n) is 12.3. The summed E-state index contributed by atoms with van der Waals surface area (Å²) in [7, 11) is 0. The molecule has 3 nitrogen and oxygen atoms in total. The molecule has 0 fully saturated rings. The second-order valence-corrected chi connectivity index (χ2v) is 5.09. The summed E-state index contributed by atoms with van der Waals surface area (Å²) in [6.45, 7) is 2.49. The smallest absolute Gasteiger partial charge is 0.127 e. The molecule has 0 amide bonds. The number of hydrogen-bond acceptors (Lipinski definition) is 3. The minimum absolute atomic E-state index is 0.0492. The summed E-state index contributed by atoms with van der Waals surface area (Å²) in [6.07, 6.45) is 3.97. The molecule has 0 bridgehead atoms. The van der Waals surface area contributed by atoms with Crippen molar-refractivity contribution in [2.24, 2.45) is 5.73 Å². The molecule has 112 valence electrons. The van der Waals surface area contributed by atoms with Crippen LogP contribution in [0.2, 0.25) is 0 Å². The number of ether oxygens (including phenoxy) is 1. The van der Waals surface area contributed by atoms with Crippen LogP contribution in [-0.2, 0) is 12.8 Å². The van der Waals surface area contributed by atoms with Crippen LogP contribution in [0.25, 0.3) is 0 Å². The fourth-order valence-electron chi connectivity index (χ4n) is 2.09. The van der Waals surface area contributed by atoms with Gasteiger partial charge in [0.25, 0.3) is 0 Å². The van der Waals surface area contributed by atoms with Crippen LogP contribution < -0.4 is 10.5 Å². The fraction of sp³-hybridized carbons (Fsp3) is 0.353. The molecule has 4 heteroatoms. The Balaban J connectivity index is 1.93. The molecule has 0 aliphatic carbocycles. The van der Waals surface area contributed by atoms with Crippen molar-refractivity contribution in [2.45, 2.75) is 32.2 Å². The Morgan fingerprint density at radius 3 is 2.86 bits per heavy atom. The summed E-state index contributed by atoms with van der Waals surface area (Å²) in [6, 6.07) is 10.6. The molecule has 1 atom stereocenters. The van der Waals surface area contributed by atoms with Gasteiger partial charge in [-0.2, -0.15) is 0 Å². The molecule has 0 saturated carbocycles. The number of benzene rings is 1. The van der Waals surface area contributed by atoms with Gasteiger partial charge in [0.05, 0.1) is 6.61 Å². The van der Waals surface area contributed by atoms with Crippen molar-refractivity contribution >= 4 is 0 Å². The number of pyridine rings is 1. The molecule has 0 spiro atoms. The molecule has 1 unspecified atom stereocenters. The van der Waals surface area contributed by atoms with E-state index in [-0.39, 0.29) is 11.9 Å². The maximum Gasteiger partial charge on any atom is 0.127 e. The summed E-state index contributed by atoms with van der Waals surface area (Å²) in [5.41, 5.74) is 7.74. The lowest BCUT2D eigenvalue weighted by molar-refractivity contribution is 0.318. The second kappa shape index (κ2) is 7.74. The lowest BCUT2D eigenvalue weighted by Crippen LogP contribution is -2.21. The first kappa shape index (κ1) is 15.4. The van der Waals surface area contributed by atoms with Crippen LogP contribution in [0, 0.1) is 5.82 Å². The Bertz CT molecular complexity index is 560. The quantitative estimate of drug-likeness (QED) is 0.851. The molecule has 2 aromatic rings. The standard InChI is InChI=1S/C17H21FN2O/c1-2-15(19)10-13-9-14(18)12-17(11-13)21-8-6-16-5-3-4-7-20-16/h3-5,7,9,11-12,15H,2,6,8,10,19H2,1H3. The van der Waals surface area contributed by atoms with Gasteiger partial charge in [0.2, 0.25) is 0 Å². The van der Waals surface area contributed by atoms with Gasteiger partial charge in [0.15, 0.2) is 0 Å². The zero-order chi connectivity index (χ0) is 15.1. The highest BCUT2D eigenvalue weighted by Gasteiger charge is 2.06. The van der Waals surface area contributed by atoms with E-state index >= 15 is 0 Å². The zero-order valence-corrected chi connectivity index (χ0v) is 12.3. The normalized spacial score (nSPS) is 12.1. The van der Waals surface area contributed by atoms with Crippen molar-refractivity contribution in [1.82, 2.24) is 4.98 Å². The van der Waals surface area contributed by atoms with Crippen LogP contribution in [0.3, 0.4) is 0 Å². The first-order valence-corrected chi connectivity index (χ1v) is 7.25. The number of aromatic nitrogens is 1. The van der Waals surface area contributed by atoms with Gasteiger partial charge < -0.3 is 10.5 Å². The topological polar surface area (TPSA) is 48.1 Å². The third kappa shape index (κ3) is 5.16. The van der Waals surface area contributed by atoms with Crippen molar-refractivity contribution < 1.29 is 9.13 Å². The van der Waals surface area contributed by atoms with Crippen molar-refractivity contribution in [3.63, 3.8) is 0 Å². The molecular formula is C17H21FN2O. The van der Waals surface area contributed by atoms with E-state index in [1.165, 1.54) is 12.1 Å². The molecule has 21 heavy (non-hydrogen) atoms. The van der Waals surface area contributed by atoms with E-state index in [9.17, 15) is 4.39 Å². The Morgan fingerprint density at radius 1 is 1.29 bits per heavy atom. The molecule has 0 radical (unpaired) electrons. The largest absolute Gasteiger partial charge is 0.493 e. The van der Waals surface area contributed by atoms with Gasteiger partial charge in [-0.25, -0.2) is 4.39 Å². The number of rotatable bonds is 7. The van der Waals surface area contributed by atoms with Crippen LogP contribution in [0.5, 0.6) is 5.75 Å². The summed E-state index contributed by atoms with van der Waals surface area (Å²) in [5, 5.41) is 0. The maximum absolute atomic E-state index is 13.6. The Kier molecular flexibility index (Phi) is 5.69. The van der Waals surface area contributed by atoms with E-state index in [4.69, 9.17) is 10.5 Å². The molecule has 0 aliphatic heterocycles. The van der Waals surface area contributed by atoms with E-state index in [1.807, 2.05) is 31.2 Å². The molecular weight excluding hydrogens is 267 g/mol. The lowest BCUT2D eigenvalue weighted by Gasteiger charge is -2.11. The predicted molar refractivity (Wildman–Crippen MR) is 81.8 cm³/mol. The molecule has 1 heterocycles. The average Bonchev–Trinajstić information content (AvgIpc) is 2.47. The van der Waals surface area contributed by atoms with E-state index in [1.54, 1.807) is 6.20 Å². The number of hydrogen-bond donors (Lipinski definition) is 1. The number of nitrogens with two attached hydrogens (primary N) is 1.